The third-order valence-corrected chi connectivity index (χ3v) is 4.49. The first kappa shape index (κ1) is 19.1. The molecule has 0 bridgehead atoms. The van der Waals surface area contributed by atoms with E-state index in [0.717, 1.165) is 38.5 Å². The second kappa shape index (κ2) is 11.6. The fraction of sp³-hybridized carbons (Fsp3) is 0.889. The van der Waals surface area contributed by atoms with Crippen molar-refractivity contribution in [2.45, 2.75) is 103 Å². The van der Waals surface area contributed by atoms with Gasteiger partial charge in [0, 0.05) is 6.42 Å². The predicted molar refractivity (Wildman–Crippen MR) is 88.6 cm³/mol. The third-order valence-electron chi connectivity index (χ3n) is 4.49. The summed E-state index contributed by atoms with van der Waals surface area (Å²) < 4.78 is 0. The van der Waals surface area contributed by atoms with Crippen molar-refractivity contribution in [2.24, 2.45) is 0 Å². The van der Waals surface area contributed by atoms with Crippen molar-refractivity contribution in [2.75, 3.05) is 0 Å². The lowest BCUT2D eigenvalue weighted by Crippen LogP contribution is -2.45. The largest absolute Gasteiger partial charge is 0.391 e. The highest BCUT2D eigenvalue weighted by atomic mass is 16.3. The van der Waals surface area contributed by atoms with Gasteiger partial charge in [-0.2, -0.15) is 0 Å². The summed E-state index contributed by atoms with van der Waals surface area (Å²) in [6.07, 6.45) is 11.9. The van der Waals surface area contributed by atoms with Crippen LogP contribution in [0.3, 0.4) is 0 Å². The number of amides is 1. The van der Waals surface area contributed by atoms with Crippen molar-refractivity contribution in [3.63, 3.8) is 0 Å². The third kappa shape index (κ3) is 8.52. The molecule has 0 heterocycles. The molecule has 1 aliphatic carbocycles. The Morgan fingerprint density at radius 2 is 1.64 bits per heavy atom. The minimum atomic E-state index is -0.448. The van der Waals surface area contributed by atoms with Crippen LogP contribution in [0.25, 0.3) is 0 Å². The van der Waals surface area contributed by atoms with Crippen LogP contribution in [0.15, 0.2) is 0 Å². The van der Waals surface area contributed by atoms with Crippen LogP contribution in [0, 0.1) is 0 Å². The highest BCUT2D eigenvalue weighted by Gasteiger charge is 2.24. The highest BCUT2D eigenvalue weighted by molar-refractivity contribution is 5.98. The van der Waals surface area contributed by atoms with E-state index in [9.17, 15) is 14.7 Å². The molecule has 1 fully saturated rings. The van der Waals surface area contributed by atoms with Gasteiger partial charge in [-0.15, -0.1) is 0 Å². The molecular weight excluding hydrogens is 278 g/mol. The number of carbonyl (C=O) groups is 2. The Balaban J connectivity index is 2.05. The fourth-order valence-electron chi connectivity index (χ4n) is 3.08. The number of Topliss-reactive ketones (excluding diaryl/α,β-unsaturated/α-hetero) is 1. The van der Waals surface area contributed by atoms with Gasteiger partial charge in [-0.05, 0) is 19.3 Å². The Bertz CT molecular complexity index is 330. The number of aliphatic hydroxyl groups is 1. The lowest BCUT2D eigenvalue weighted by molar-refractivity contribution is -0.129. The number of rotatable bonds is 11. The summed E-state index contributed by atoms with van der Waals surface area (Å²) in [5.74, 6) is -0.199. The Kier molecular flexibility index (Phi) is 10.1. The van der Waals surface area contributed by atoms with Gasteiger partial charge >= 0.3 is 0 Å². The molecule has 1 aliphatic rings. The van der Waals surface area contributed by atoms with Crippen LogP contribution in [0.1, 0.15) is 90.4 Å². The average molecular weight is 311 g/mol. The molecular formula is C18H33NO3. The Morgan fingerprint density at radius 3 is 2.32 bits per heavy atom. The SMILES string of the molecule is CCCCCCCCCC(=O)CC(=O)N[C@@H]1CCCC[C@H]1O. The number of aliphatic hydroxyl groups excluding tert-OH is 1. The summed E-state index contributed by atoms with van der Waals surface area (Å²) in [7, 11) is 0. The van der Waals surface area contributed by atoms with Crippen molar-refractivity contribution in [1.29, 1.82) is 0 Å². The Labute approximate surface area is 135 Å². The highest BCUT2D eigenvalue weighted by Crippen LogP contribution is 2.18. The van der Waals surface area contributed by atoms with E-state index in [0.29, 0.717) is 6.42 Å². The van der Waals surface area contributed by atoms with E-state index in [1.165, 1.54) is 32.1 Å². The van der Waals surface area contributed by atoms with Crippen molar-refractivity contribution in [3.8, 4) is 0 Å². The fourth-order valence-corrected chi connectivity index (χ4v) is 3.08. The smallest absolute Gasteiger partial charge is 0.227 e. The van der Waals surface area contributed by atoms with Gasteiger partial charge in [0.1, 0.15) is 5.78 Å². The number of unbranched alkanes of at least 4 members (excludes halogenated alkanes) is 6. The lowest BCUT2D eigenvalue weighted by Gasteiger charge is -2.28. The molecule has 0 unspecified atom stereocenters. The van der Waals surface area contributed by atoms with Crippen molar-refractivity contribution in [3.05, 3.63) is 0 Å². The Hall–Kier alpha value is -0.900. The molecule has 2 N–H and O–H groups in total. The maximum atomic E-state index is 11.8. The first-order chi connectivity index (χ1) is 10.6. The first-order valence-corrected chi connectivity index (χ1v) is 9.12. The molecule has 0 aromatic carbocycles. The number of ketones is 1. The molecule has 0 aromatic heterocycles. The van der Waals surface area contributed by atoms with E-state index in [1.807, 2.05) is 0 Å². The molecule has 4 heteroatoms. The van der Waals surface area contributed by atoms with E-state index < -0.39 is 6.10 Å². The molecule has 22 heavy (non-hydrogen) atoms. The monoisotopic (exact) mass is 311 g/mol. The summed E-state index contributed by atoms with van der Waals surface area (Å²) in [5.41, 5.74) is 0. The maximum absolute atomic E-state index is 11.8. The van der Waals surface area contributed by atoms with Gasteiger partial charge in [0.2, 0.25) is 5.91 Å². The minimum absolute atomic E-state index is 0.0244. The van der Waals surface area contributed by atoms with Crippen LogP contribution in [0.2, 0.25) is 0 Å². The summed E-state index contributed by atoms with van der Waals surface area (Å²) in [4.78, 5) is 23.6. The molecule has 1 amide bonds. The minimum Gasteiger partial charge on any atom is -0.391 e. The van der Waals surface area contributed by atoms with Crippen molar-refractivity contribution >= 4 is 11.7 Å². The van der Waals surface area contributed by atoms with Gasteiger partial charge in [-0.25, -0.2) is 0 Å². The van der Waals surface area contributed by atoms with Gasteiger partial charge < -0.3 is 10.4 Å². The zero-order valence-electron chi connectivity index (χ0n) is 14.1. The first-order valence-electron chi connectivity index (χ1n) is 9.12. The van der Waals surface area contributed by atoms with E-state index in [4.69, 9.17) is 0 Å². The molecule has 1 rings (SSSR count). The molecule has 1 saturated carbocycles. The van der Waals surface area contributed by atoms with Crippen molar-refractivity contribution in [1.82, 2.24) is 5.32 Å². The molecule has 0 radical (unpaired) electrons. The van der Waals surface area contributed by atoms with Gasteiger partial charge in [-0.3, -0.25) is 9.59 Å². The molecule has 2 atom stereocenters. The van der Waals surface area contributed by atoms with Gasteiger partial charge in [0.25, 0.3) is 0 Å². The van der Waals surface area contributed by atoms with Crippen LogP contribution >= 0.6 is 0 Å². The summed E-state index contributed by atoms with van der Waals surface area (Å²) in [6.45, 7) is 2.20. The summed E-state index contributed by atoms with van der Waals surface area (Å²) in [6, 6.07) is -0.160. The second-order valence-electron chi connectivity index (χ2n) is 6.61. The molecule has 0 aliphatic heterocycles. The second-order valence-corrected chi connectivity index (χ2v) is 6.61. The van der Waals surface area contributed by atoms with E-state index in [-0.39, 0.29) is 24.2 Å². The van der Waals surface area contributed by atoms with Crippen LogP contribution in [-0.2, 0) is 9.59 Å². The van der Waals surface area contributed by atoms with E-state index in [1.54, 1.807) is 0 Å². The zero-order valence-corrected chi connectivity index (χ0v) is 14.1. The topological polar surface area (TPSA) is 66.4 Å². The maximum Gasteiger partial charge on any atom is 0.227 e. The lowest BCUT2D eigenvalue weighted by atomic mass is 9.92. The predicted octanol–water partition coefficient (Wildman–Crippen LogP) is 3.51. The molecule has 4 nitrogen and oxygen atoms in total. The van der Waals surface area contributed by atoms with Gasteiger partial charge in [-0.1, -0.05) is 58.3 Å². The number of nitrogens with one attached hydrogen (secondary N) is 1. The molecule has 128 valence electrons. The number of hydrogen-bond acceptors (Lipinski definition) is 3. The van der Waals surface area contributed by atoms with Crippen molar-refractivity contribution < 1.29 is 14.7 Å². The van der Waals surface area contributed by atoms with E-state index >= 15 is 0 Å². The summed E-state index contributed by atoms with van der Waals surface area (Å²) >= 11 is 0. The number of hydrogen-bond donors (Lipinski definition) is 2. The molecule has 0 saturated heterocycles. The average Bonchev–Trinajstić information content (AvgIpc) is 2.48. The standard InChI is InChI=1S/C18H33NO3/c1-2-3-4-5-6-7-8-11-15(20)14-18(22)19-16-12-9-10-13-17(16)21/h16-17,21H,2-14H2,1H3,(H,19,22)/t16-,17-/m1/s1. The molecule has 0 aromatic rings. The van der Waals surface area contributed by atoms with Crippen LogP contribution in [-0.4, -0.2) is 28.9 Å². The molecule has 0 spiro atoms. The quantitative estimate of drug-likeness (QED) is 0.453. The number of carbonyl (C=O) groups excluding carboxylic acids is 2. The Morgan fingerprint density at radius 1 is 1.00 bits per heavy atom. The zero-order chi connectivity index (χ0) is 16.2. The van der Waals surface area contributed by atoms with Crippen LogP contribution in [0.5, 0.6) is 0 Å². The van der Waals surface area contributed by atoms with Gasteiger partial charge in [0.05, 0.1) is 18.6 Å². The van der Waals surface area contributed by atoms with E-state index in [2.05, 4.69) is 12.2 Å². The van der Waals surface area contributed by atoms with Crippen LogP contribution in [0.4, 0.5) is 0 Å². The summed E-state index contributed by atoms with van der Waals surface area (Å²) in [5, 5.41) is 12.6. The normalized spacial score (nSPS) is 21.5. The van der Waals surface area contributed by atoms with Gasteiger partial charge in [0.15, 0.2) is 0 Å². The van der Waals surface area contributed by atoms with Crippen LogP contribution < -0.4 is 5.32 Å².